The quantitative estimate of drug-likeness (QED) is 0.576. The molecule has 1 fully saturated rings. The van der Waals surface area contributed by atoms with Crippen LogP contribution in [0, 0.1) is 5.82 Å². The van der Waals surface area contributed by atoms with E-state index in [1.165, 1.54) is 0 Å². The molecule has 0 radical (unpaired) electrons. The molecule has 3 aromatic rings. The van der Waals surface area contributed by atoms with Gasteiger partial charge in [0.1, 0.15) is 5.82 Å². The Hall–Kier alpha value is -2.91. The molecule has 0 amide bonds. The molecule has 30 heavy (non-hydrogen) atoms. The molecule has 1 aliphatic carbocycles. The highest BCUT2D eigenvalue weighted by molar-refractivity contribution is 5.71. The van der Waals surface area contributed by atoms with Crippen LogP contribution in [0.1, 0.15) is 56.3 Å². The van der Waals surface area contributed by atoms with Crippen LogP contribution in [0.25, 0.3) is 11.2 Å². The van der Waals surface area contributed by atoms with Gasteiger partial charge in [-0.1, -0.05) is 19.8 Å². The largest absolute Gasteiger partial charge is 0.422 e. The lowest BCUT2D eigenvalue weighted by atomic mass is 10.1. The number of rotatable bonds is 5. The lowest BCUT2D eigenvalue weighted by Gasteiger charge is -2.12. The van der Waals surface area contributed by atoms with Crippen LogP contribution in [0.3, 0.4) is 0 Å². The summed E-state index contributed by atoms with van der Waals surface area (Å²) >= 11 is 0. The molecule has 4 rings (SSSR count). The second kappa shape index (κ2) is 7.73. The van der Waals surface area contributed by atoms with E-state index in [2.05, 4.69) is 15.0 Å². The Morgan fingerprint density at radius 2 is 1.97 bits per heavy atom. The summed E-state index contributed by atoms with van der Waals surface area (Å²) in [6.07, 6.45) is 0.319. The third kappa shape index (κ3) is 3.78. The van der Waals surface area contributed by atoms with Crippen molar-refractivity contribution in [3.63, 3.8) is 0 Å². The number of alkyl halides is 3. The zero-order chi connectivity index (χ0) is 21.5. The minimum Gasteiger partial charge on any atom is -0.422 e. The third-order valence-electron chi connectivity index (χ3n) is 5.26. The van der Waals surface area contributed by atoms with Gasteiger partial charge in [0.25, 0.3) is 5.56 Å². The van der Waals surface area contributed by atoms with E-state index in [0.29, 0.717) is 24.2 Å². The Morgan fingerprint density at radius 1 is 1.23 bits per heavy atom. The number of hydrogen-bond donors (Lipinski definition) is 1. The molecule has 0 aliphatic heterocycles. The average molecular weight is 424 g/mol. The number of imidazole rings is 1. The third-order valence-corrected chi connectivity index (χ3v) is 5.26. The molecule has 0 saturated heterocycles. The van der Waals surface area contributed by atoms with Crippen LogP contribution in [-0.2, 0) is 12.7 Å². The van der Waals surface area contributed by atoms with E-state index in [1.54, 1.807) is 0 Å². The number of nitrogens with one attached hydrogen (secondary N) is 1. The first kappa shape index (κ1) is 20.4. The number of fused-ring (bicyclic) bond motifs is 1. The first-order valence-electron chi connectivity index (χ1n) is 9.83. The number of benzene rings is 1. The first-order valence-corrected chi connectivity index (χ1v) is 9.83. The standard InChI is InChI=1S/C20H20F4N4O2/c1-2-9-28-15-16(25-17(28)11-5-3-4-6-11)26-19(27-18(15)29)30-14-8-7-12(10-13(14)21)20(22,23)24/h7-8,10-11H,2-6,9H2,1H3,(H,26,27,29). The molecule has 160 valence electrons. The van der Waals surface area contributed by atoms with E-state index < -0.39 is 28.9 Å². The smallest absolute Gasteiger partial charge is 0.416 e. The molecule has 1 aliphatic rings. The van der Waals surface area contributed by atoms with E-state index in [-0.39, 0.29) is 17.6 Å². The van der Waals surface area contributed by atoms with Gasteiger partial charge in [-0.15, -0.1) is 0 Å². The molecule has 2 heterocycles. The fourth-order valence-electron chi connectivity index (χ4n) is 3.90. The van der Waals surface area contributed by atoms with Gasteiger partial charge in [-0.25, -0.2) is 9.37 Å². The highest BCUT2D eigenvalue weighted by Crippen LogP contribution is 2.35. The van der Waals surface area contributed by atoms with E-state index in [0.717, 1.165) is 44.0 Å². The van der Waals surface area contributed by atoms with Crippen molar-refractivity contribution in [2.24, 2.45) is 0 Å². The topological polar surface area (TPSA) is 72.8 Å². The summed E-state index contributed by atoms with van der Waals surface area (Å²) in [6, 6.07) is 1.55. The molecule has 6 nitrogen and oxygen atoms in total. The Bertz CT molecular complexity index is 1130. The number of halogens is 4. The summed E-state index contributed by atoms with van der Waals surface area (Å²) < 4.78 is 59.3. The molecule has 0 unspecified atom stereocenters. The molecule has 0 bridgehead atoms. The molecule has 2 aromatic heterocycles. The van der Waals surface area contributed by atoms with Gasteiger partial charge in [-0.05, 0) is 37.5 Å². The van der Waals surface area contributed by atoms with E-state index >= 15 is 0 Å². The number of nitrogens with zero attached hydrogens (tertiary/aromatic N) is 3. The maximum absolute atomic E-state index is 14.1. The molecule has 0 atom stereocenters. The predicted octanol–water partition coefficient (Wildman–Crippen LogP) is 5.14. The van der Waals surface area contributed by atoms with E-state index in [1.807, 2.05) is 11.5 Å². The lowest BCUT2D eigenvalue weighted by Crippen LogP contribution is -2.15. The van der Waals surface area contributed by atoms with Crippen LogP contribution in [0.2, 0.25) is 0 Å². The van der Waals surface area contributed by atoms with Crippen molar-refractivity contribution in [3.8, 4) is 11.8 Å². The van der Waals surface area contributed by atoms with E-state index in [4.69, 9.17) is 4.74 Å². The van der Waals surface area contributed by atoms with Crippen molar-refractivity contribution < 1.29 is 22.3 Å². The number of ether oxygens (including phenoxy) is 1. The highest BCUT2D eigenvalue weighted by Gasteiger charge is 2.31. The van der Waals surface area contributed by atoms with Crippen molar-refractivity contribution in [1.29, 1.82) is 0 Å². The van der Waals surface area contributed by atoms with Crippen LogP contribution in [0.5, 0.6) is 11.8 Å². The molecule has 1 aromatic carbocycles. The zero-order valence-corrected chi connectivity index (χ0v) is 16.2. The molecular weight excluding hydrogens is 404 g/mol. The van der Waals surface area contributed by atoms with Crippen molar-refractivity contribution in [2.75, 3.05) is 0 Å². The second-order valence-electron chi connectivity index (χ2n) is 7.39. The Morgan fingerprint density at radius 3 is 2.60 bits per heavy atom. The van der Waals surface area contributed by atoms with Crippen LogP contribution < -0.4 is 10.3 Å². The van der Waals surface area contributed by atoms with Crippen molar-refractivity contribution >= 4 is 11.2 Å². The average Bonchev–Trinajstić information content (AvgIpc) is 3.31. The maximum atomic E-state index is 14.1. The molecule has 10 heteroatoms. The number of aromatic amines is 1. The highest BCUT2D eigenvalue weighted by atomic mass is 19.4. The van der Waals surface area contributed by atoms with Crippen molar-refractivity contribution in [1.82, 2.24) is 19.5 Å². The summed E-state index contributed by atoms with van der Waals surface area (Å²) in [5, 5.41) is 0. The van der Waals surface area contributed by atoms with Gasteiger partial charge in [-0.3, -0.25) is 9.78 Å². The molecular formula is C20H20F4N4O2. The SMILES string of the molecule is CCCn1c(C2CCCC2)nc2nc(Oc3ccc(C(F)(F)F)cc3F)[nH]c(=O)c21. The van der Waals surface area contributed by atoms with Crippen molar-refractivity contribution in [2.45, 2.75) is 57.7 Å². The number of aromatic nitrogens is 4. The zero-order valence-electron chi connectivity index (χ0n) is 16.2. The van der Waals surface area contributed by atoms with Gasteiger partial charge in [-0.2, -0.15) is 18.2 Å². The first-order chi connectivity index (χ1) is 14.3. The summed E-state index contributed by atoms with van der Waals surface area (Å²) in [5.41, 5.74) is -1.13. The van der Waals surface area contributed by atoms with Gasteiger partial charge in [0.2, 0.25) is 0 Å². The summed E-state index contributed by atoms with van der Waals surface area (Å²) in [5.74, 6) is -0.632. The Labute approximate surface area is 168 Å². The number of hydrogen-bond acceptors (Lipinski definition) is 4. The van der Waals surface area contributed by atoms with Crippen LogP contribution in [-0.4, -0.2) is 19.5 Å². The van der Waals surface area contributed by atoms with Crippen molar-refractivity contribution in [3.05, 3.63) is 45.8 Å². The minimum absolute atomic E-state index is 0.177. The predicted molar refractivity (Wildman–Crippen MR) is 101 cm³/mol. The van der Waals surface area contributed by atoms with Gasteiger partial charge < -0.3 is 9.30 Å². The number of H-pyrrole nitrogens is 1. The fraction of sp³-hybridized carbons (Fsp3) is 0.450. The van der Waals surface area contributed by atoms with Gasteiger partial charge in [0.15, 0.2) is 22.7 Å². The molecule has 1 N–H and O–H groups in total. The summed E-state index contributed by atoms with van der Waals surface area (Å²) in [6.45, 7) is 2.61. The maximum Gasteiger partial charge on any atom is 0.416 e. The number of aryl methyl sites for hydroxylation is 1. The molecule has 0 spiro atoms. The molecule has 1 saturated carbocycles. The Balaban J connectivity index is 1.72. The monoisotopic (exact) mass is 424 g/mol. The normalized spacial score (nSPS) is 15.2. The van der Waals surface area contributed by atoms with Crippen LogP contribution in [0.4, 0.5) is 17.6 Å². The van der Waals surface area contributed by atoms with Crippen LogP contribution >= 0.6 is 0 Å². The van der Waals surface area contributed by atoms with Gasteiger partial charge in [0.05, 0.1) is 5.56 Å². The van der Waals surface area contributed by atoms with Gasteiger partial charge >= 0.3 is 12.2 Å². The van der Waals surface area contributed by atoms with E-state index in [9.17, 15) is 22.4 Å². The Kier molecular flexibility index (Phi) is 5.25. The lowest BCUT2D eigenvalue weighted by molar-refractivity contribution is -0.137. The fourth-order valence-corrected chi connectivity index (χ4v) is 3.90. The van der Waals surface area contributed by atoms with Crippen LogP contribution in [0.15, 0.2) is 23.0 Å². The summed E-state index contributed by atoms with van der Waals surface area (Å²) in [7, 11) is 0. The summed E-state index contributed by atoms with van der Waals surface area (Å²) in [4.78, 5) is 23.9. The van der Waals surface area contributed by atoms with Gasteiger partial charge in [0, 0.05) is 12.5 Å². The minimum atomic E-state index is -4.67. The second-order valence-corrected chi connectivity index (χ2v) is 7.39.